The van der Waals surface area contributed by atoms with Gasteiger partial charge in [0.25, 0.3) is 11.8 Å². The van der Waals surface area contributed by atoms with E-state index in [0.717, 1.165) is 0 Å². The van der Waals surface area contributed by atoms with Crippen molar-refractivity contribution in [3.05, 3.63) is 87.4 Å². The number of hydrogen-bond acceptors (Lipinski definition) is 10. The number of primary amides is 1. The van der Waals surface area contributed by atoms with Crippen LogP contribution in [0, 0.1) is 11.8 Å². The predicted octanol–water partition coefficient (Wildman–Crippen LogP) is 0.582. The van der Waals surface area contributed by atoms with Gasteiger partial charge >= 0.3 is 0 Å². The van der Waals surface area contributed by atoms with Crippen molar-refractivity contribution in [2.75, 3.05) is 14.1 Å². The average molecular weight is 578 g/mol. The van der Waals surface area contributed by atoms with E-state index in [1.54, 1.807) is 43.3 Å². The van der Waals surface area contributed by atoms with Gasteiger partial charge in [-0.3, -0.25) is 24.1 Å². The Morgan fingerprint density at radius 1 is 1.05 bits per heavy atom. The average Bonchev–Trinajstić information content (AvgIpc) is 2.94. The molecule has 2 aromatic rings. The number of nitrogens with one attached hydrogen (secondary N) is 1. The molecule has 2 amide bonds. The molecule has 2 aromatic carbocycles. The Kier molecular flexibility index (Phi) is 6.96. The molecule has 3 aliphatic rings. The first-order valence-corrected chi connectivity index (χ1v) is 13.3. The second kappa shape index (κ2) is 10.1. The highest BCUT2D eigenvalue weighted by molar-refractivity contribution is 6.25. The number of likely N-dealkylation sites (N-methyl/N-ethyl adjacent to an activating group) is 1. The number of nitrogens with zero attached hydrogens (tertiary/aromatic N) is 1. The van der Waals surface area contributed by atoms with Crippen molar-refractivity contribution in [2.24, 2.45) is 17.6 Å². The van der Waals surface area contributed by atoms with E-state index in [2.05, 4.69) is 5.32 Å². The smallest absolute Gasteiger partial charge is 0.255 e. The van der Waals surface area contributed by atoms with Crippen LogP contribution in [-0.2, 0) is 16.1 Å². The Morgan fingerprint density at radius 2 is 1.69 bits per heavy atom. The van der Waals surface area contributed by atoms with Crippen molar-refractivity contribution in [3.63, 3.8) is 0 Å². The van der Waals surface area contributed by atoms with Gasteiger partial charge in [-0.25, -0.2) is 0 Å². The number of carbonyl (C=O) groups is 4. The molecule has 220 valence electrons. The van der Waals surface area contributed by atoms with E-state index in [0.29, 0.717) is 11.1 Å². The largest absolute Gasteiger partial charge is 0.510 e. The number of ketones is 2. The zero-order chi connectivity index (χ0) is 30.8. The monoisotopic (exact) mass is 577 g/mol. The number of phenolic OH excluding ortho intramolecular Hbond substituents is 1. The molecule has 0 radical (unpaired) electrons. The summed E-state index contributed by atoms with van der Waals surface area (Å²) in [5.41, 5.74) is 1.59. The lowest BCUT2D eigenvalue weighted by atomic mass is 9.55. The second-order valence-corrected chi connectivity index (χ2v) is 11.1. The molecule has 0 aromatic heterocycles. The van der Waals surface area contributed by atoms with Crippen molar-refractivity contribution < 1.29 is 44.7 Å². The van der Waals surface area contributed by atoms with Crippen LogP contribution in [0.15, 0.2) is 65.1 Å². The molecule has 12 heteroatoms. The molecule has 0 bridgehead atoms. The van der Waals surface area contributed by atoms with Gasteiger partial charge in [0.05, 0.1) is 23.6 Å². The van der Waals surface area contributed by atoms with Gasteiger partial charge < -0.3 is 36.6 Å². The van der Waals surface area contributed by atoms with Gasteiger partial charge in [0.15, 0.2) is 11.4 Å². The minimum Gasteiger partial charge on any atom is -0.510 e. The molecule has 0 fully saturated rings. The van der Waals surface area contributed by atoms with E-state index in [9.17, 15) is 44.7 Å². The van der Waals surface area contributed by atoms with E-state index in [1.165, 1.54) is 25.1 Å². The van der Waals surface area contributed by atoms with Crippen LogP contribution in [0.1, 0.15) is 44.7 Å². The molecule has 0 heterocycles. The highest BCUT2D eigenvalue weighted by Crippen LogP contribution is 2.55. The minimum absolute atomic E-state index is 0.146. The first kappa shape index (κ1) is 29.0. The predicted molar refractivity (Wildman–Crippen MR) is 147 cm³/mol. The van der Waals surface area contributed by atoms with Gasteiger partial charge in [0.2, 0.25) is 5.78 Å². The van der Waals surface area contributed by atoms with E-state index in [-0.39, 0.29) is 17.7 Å². The fourth-order valence-corrected chi connectivity index (χ4v) is 6.68. The van der Waals surface area contributed by atoms with Crippen LogP contribution in [0.3, 0.4) is 0 Å². The van der Waals surface area contributed by atoms with Gasteiger partial charge in [-0.1, -0.05) is 37.3 Å². The summed E-state index contributed by atoms with van der Waals surface area (Å²) >= 11 is 0. The first-order chi connectivity index (χ1) is 19.7. The number of Topliss-reactive ketones (excluding diaryl/α,β-unsaturated/α-hetero) is 2. The zero-order valence-electron chi connectivity index (χ0n) is 23.0. The van der Waals surface area contributed by atoms with E-state index in [4.69, 9.17) is 5.73 Å². The van der Waals surface area contributed by atoms with E-state index >= 15 is 0 Å². The molecule has 0 aliphatic heterocycles. The Balaban J connectivity index is 1.62. The van der Waals surface area contributed by atoms with Crippen molar-refractivity contribution in [2.45, 2.75) is 37.1 Å². The van der Waals surface area contributed by atoms with Gasteiger partial charge in [0.1, 0.15) is 22.8 Å². The Bertz CT molecular complexity index is 1600. The van der Waals surface area contributed by atoms with Crippen LogP contribution in [-0.4, -0.2) is 85.7 Å². The molecule has 5 rings (SSSR count). The highest BCUT2D eigenvalue weighted by Gasteiger charge is 2.67. The third kappa shape index (κ3) is 3.94. The first-order valence-electron chi connectivity index (χ1n) is 13.3. The summed E-state index contributed by atoms with van der Waals surface area (Å²) in [7, 11) is 2.94. The summed E-state index contributed by atoms with van der Waals surface area (Å²) in [5.74, 6) is -9.97. The number of nitrogens with two attached hydrogens (primary N) is 1. The molecule has 0 unspecified atom stereocenters. The van der Waals surface area contributed by atoms with Crippen LogP contribution in [0.2, 0.25) is 0 Å². The zero-order valence-corrected chi connectivity index (χ0v) is 23.0. The second-order valence-electron chi connectivity index (χ2n) is 11.1. The molecular formula is C30H31N3O9. The number of aliphatic hydroxyl groups is 4. The van der Waals surface area contributed by atoms with Crippen molar-refractivity contribution >= 4 is 23.4 Å². The fourth-order valence-electron chi connectivity index (χ4n) is 6.68. The van der Waals surface area contributed by atoms with Gasteiger partial charge in [-0.05, 0) is 37.7 Å². The van der Waals surface area contributed by atoms with Crippen LogP contribution >= 0.6 is 0 Å². The Labute approximate surface area is 240 Å². The molecule has 0 spiro atoms. The molecule has 0 saturated carbocycles. The third-order valence-corrected chi connectivity index (χ3v) is 8.69. The number of hydrogen-bond donors (Lipinski definition) is 7. The van der Waals surface area contributed by atoms with Gasteiger partial charge in [-0.15, -0.1) is 0 Å². The number of carbonyl (C=O) groups excluding carboxylic acids is 4. The number of benzene rings is 2. The number of fused-ring (bicyclic) bond motifs is 3. The lowest BCUT2D eigenvalue weighted by Crippen LogP contribution is -2.68. The maximum absolute atomic E-state index is 13.9. The van der Waals surface area contributed by atoms with Crippen molar-refractivity contribution in [1.29, 1.82) is 0 Å². The van der Waals surface area contributed by atoms with E-state index in [1.807, 2.05) is 0 Å². The molecule has 3 aliphatic carbocycles. The van der Waals surface area contributed by atoms with Crippen LogP contribution in [0.25, 0.3) is 0 Å². The Hall–Kier alpha value is -4.52. The molecule has 0 saturated heterocycles. The Morgan fingerprint density at radius 3 is 2.29 bits per heavy atom. The number of aromatic hydroxyl groups is 1. The highest BCUT2D eigenvalue weighted by atomic mass is 16.4. The van der Waals surface area contributed by atoms with Gasteiger partial charge in [-0.2, -0.15) is 0 Å². The number of phenols is 1. The summed E-state index contributed by atoms with van der Waals surface area (Å²) in [5, 5.41) is 59.6. The number of rotatable bonds is 5. The third-order valence-electron chi connectivity index (χ3n) is 8.69. The summed E-state index contributed by atoms with van der Waals surface area (Å²) in [6.45, 7) is 1.50. The maximum atomic E-state index is 13.9. The molecule has 8 N–H and O–H groups in total. The quantitative estimate of drug-likeness (QED) is 0.246. The standard InChI is InChI=1S/C30H31N3O9/c1-12-15-10-9-14(11-32-29(41)13-7-5-4-6-8-13)22(34)17(15)23(35)18-16(12)24(36)20-21(33(2)3)25(37)19(28(31)40)27(39)30(20,42)26(18)38/h4-10,12,16,20-21,24,34,36-38,42H,11H2,1-3H3,(H2,31,40)(H,32,41)/t12-,16+,20+,21-,24-,30-/m0/s1. The normalized spacial score (nSPS) is 28.8. The lowest BCUT2D eigenvalue weighted by Gasteiger charge is -2.53. The molecule has 12 nitrogen and oxygen atoms in total. The summed E-state index contributed by atoms with van der Waals surface area (Å²) in [6.07, 6.45) is -1.67. The summed E-state index contributed by atoms with van der Waals surface area (Å²) < 4.78 is 0. The summed E-state index contributed by atoms with van der Waals surface area (Å²) in [4.78, 5) is 53.4. The van der Waals surface area contributed by atoms with Crippen LogP contribution < -0.4 is 11.1 Å². The topological polar surface area (TPSA) is 211 Å². The molecule has 6 atom stereocenters. The number of amides is 2. The van der Waals surface area contributed by atoms with E-state index < -0.39 is 87.3 Å². The van der Waals surface area contributed by atoms with Crippen LogP contribution in [0.4, 0.5) is 0 Å². The van der Waals surface area contributed by atoms with Gasteiger partial charge in [0, 0.05) is 29.2 Å². The molecule has 42 heavy (non-hydrogen) atoms. The lowest BCUT2D eigenvalue weighted by molar-refractivity contribution is -0.162. The molecular weight excluding hydrogens is 546 g/mol. The SMILES string of the molecule is C[C@H]1c2ccc(CNC(=O)c3ccccc3)c(O)c2C(=O)C2=C(O)[C@]3(O)C(=O)C(C(N)=O)=C(O)[C@@H](N(C)C)[C@@H]3[C@@H](O)[C@@H]21. The summed E-state index contributed by atoms with van der Waals surface area (Å²) in [6, 6.07) is 10.1. The van der Waals surface area contributed by atoms with Crippen molar-refractivity contribution in [1.82, 2.24) is 10.2 Å². The van der Waals surface area contributed by atoms with Crippen molar-refractivity contribution in [3.8, 4) is 5.75 Å². The maximum Gasteiger partial charge on any atom is 0.255 e. The fraction of sp³-hybridized carbons (Fsp3) is 0.333. The van der Waals surface area contributed by atoms with Crippen LogP contribution in [0.5, 0.6) is 5.75 Å². The minimum atomic E-state index is -2.99. The number of aliphatic hydroxyl groups excluding tert-OH is 3.